The number of aliphatic hydroxyl groups is 3. The van der Waals surface area contributed by atoms with Gasteiger partial charge in [-0.15, -0.1) is 0 Å². The standard InChI is InChI=1S/C45H63N3O6/c1-4-7-10-13-22-34(49)31-52-40-28-19-16-25-37(40)43-46-44(38-26-17-20-29-41(38)53-32-35(50)23-14-11-8-5-2)48-45(47-43)39-27-18-21-30-42(39)54-33-36(51)24-15-12-9-6-3/h16-21,25-30,34-36,49-51H,4-15,22-24,31-33H2,1-3H3. The Bertz CT molecular complexity index is 1430. The van der Waals surface area contributed by atoms with Gasteiger partial charge >= 0.3 is 0 Å². The molecule has 0 amide bonds. The first-order chi connectivity index (χ1) is 26.4. The lowest BCUT2D eigenvalue weighted by atomic mass is 10.1. The molecule has 9 nitrogen and oxygen atoms in total. The molecule has 0 aliphatic carbocycles. The van der Waals surface area contributed by atoms with E-state index < -0.39 is 18.3 Å². The van der Waals surface area contributed by atoms with Crippen LogP contribution in [0.4, 0.5) is 0 Å². The number of aromatic nitrogens is 3. The van der Waals surface area contributed by atoms with Gasteiger partial charge < -0.3 is 29.5 Å². The first-order valence-corrected chi connectivity index (χ1v) is 20.4. The van der Waals surface area contributed by atoms with Gasteiger partial charge in [-0.1, -0.05) is 134 Å². The number of unbranched alkanes of at least 4 members (excludes halogenated alkanes) is 9. The average Bonchev–Trinajstić information content (AvgIpc) is 3.20. The van der Waals surface area contributed by atoms with Crippen LogP contribution in [-0.2, 0) is 0 Å². The highest BCUT2D eigenvalue weighted by Crippen LogP contribution is 2.36. The van der Waals surface area contributed by atoms with Crippen molar-refractivity contribution in [2.24, 2.45) is 0 Å². The molecule has 0 saturated heterocycles. The zero-order valence-corrected chi connectivity index (χ0v) is 32.8. The van der Waals surface area contributed by atoms with Crippen LogP contribution in [0, 0.1) is 0 Å². The summed E-state index contributed by atoms with van der Waals surface area (Å²) in [5.74, 6) is 2.83. The number of ether oxygens (including phenoxy) is 3. The zero-order chi connectivity index (χ0) is 38.4. The van der Waals surface area contributed by atoms with Crippen molar-refractivity contribution >= 4 is 0 Å². The number of nitrogens with zero attached hydrogens (tertiary/aromatic N) is 3. The van der Waals surface area contributed by atoms with Crippen molar-refractivity contribution in [1.29, 1.82) is 0 Å². The van der Waals surface area contributed by atoms with Crippen molar-refractivity contribution in [3.05, 3.63) is 72.8 Å². The predicted molar refractivity (Wildman–Crippen MR) is 217 cm³/mol. The molecule has 3 unspecified atom stereocenters. The highest BCUT2D eigenvalue weighted by Gasteiger charge is 2.20. The minimum atomic E-state index is -0.587. The first-order valence-electron chi connectivity index (χ1n) is 20.4. The SMILES string of the molecule is CCCCCCC(O)COc1ccccc1-c1nc(-c2ccccc2OCC(O)CCCCCC)nc(-c2ccccc2OCC(O)CCCCCC)n1. The van der Waals surface area contributed by atoms with Gasteiger partial charge in [0.25, 0.3) is 0 Å². The Morgan fingerprint density at radius 1 is 0.407 bits per heavy atom. The fourth-order valence-electron chi connectivity index (χ4n) is 6.30. The molecule has 1 heterocycles. The summed E-state index contributed by atoms with van der Waals surface area (Å²) in [5.41, 5.74) is 1.96. The monoisotopic (exact) mass is 741 g/mol. The van der Waals surface area contributed by atoms with Crippen molar-refractivity contribution in [2.75, 3.05) is 19.8 Å². The van der Waals surface area contributed by atoms with E-state index in [1.807, 2.05) is 72.8 Å². The molecule has 0 saturated carbocycles. The maximum absolute atomic E-state index is 10.7. The molecule has 1 aromatic heterocycles. The van der Waals surface area contributed by atoms with Crippen LogP contribution in [0.3, 0.4) is 0 Å². The fraction of sp³-hybridized carbons (Fsp3) is 0.533. The first kappa shape index (κ1) is 42.7. The lowest BCUT2D eigenvalue weighted by molar-refractivity contribution is 0.0977. The van der Waals surface area contributed by atoms with Crippen LogP contribution in [0.2, 0.25) is 0 Å². The Morgan fingerprint density at radius 3 is 0.963 bits per heavy atom. The van der Waals surface area contributed by atoms with Crippen molar-refractivity contribution in [3.8, 4) is 51.4 Å². The van der Waals surface area contributed by atoms with Gasteiger partial charge in [0.1, 0.15) is 37.1 Å². The minimum Gasteiger partial charge on any atom is -0.490 e. The number of rotatable bonds is 27. The number of aliphatic hydroxyl groups excluding tert-OH is 3. The average molecular weight is 742 g/mol. The normalized spacial score (nSPS) is 13.0. The van der Waals surface area contributed by atoms with Gasteiger partial charge in [-0.05, 0) is 55.7 Å². The Balaban J connectivity index is 1.67. The van der Waals surface area contributed by atoms with Gasteiger partial charge in [-0.3, -0.25) is 0 Å². The number of hydrogen-bond acceptors (Lipinski definition) is 9. The zero-order valence-electron chi connectivity index (χ0n) is 32.8. The summed E-state index contributed by atoms with van der Waals surface area (Å²) >= 11 is 0. The summed E-state index contributed by atoms with van der Waals surface area (Å²) < 4.78 is 18.7. The molecule has 294 valence electrons. The molecule has 0 bridgehead atoms. The molecule has 0 spiro atoms. The van der Waals surface area contributed by atoms with Crippen LogP contribution in [-0.4, -0.2) is 68.4 Å². The molecule has 0 radical (unpaired) electrons. The summed E-state index contributed by atoms with van der Waals surface area (Å²) in [6.45, 7) is 6.99. The lowest BCUT2D eigenvalue weighted by Crippen LogP contribution is -2.18. The maximum atomic E-state index is 10.7. The Morgan fingerprint density at radius 2 is 0.685 bits per heavy atom. The third-order valence-electron chi connectivity index (χ3n) is 9.49. The van der Waals surface area contributed by atoms with Gasteiger partial charge in [0.15, 0.2) is 17.5 Å². The second kappa shape index (κ2) is 24.4. The van der Waals surface area contributed by atoms with Gasteiger partial charge in [0.05, 0.1) is 35.0 Å². The van der Waals surface area contributed by atoms with Crippen LogP contribution in [0.15, 0.2) is 72.8 Å². The molecule has 3 atom stereocenters. The third-order valence-corrected chi connectivity index (χ3v) is 9.49. The molecule has 3 N–H and O–H groups in total. The summed E-state index contributed by atoms with van der Waals surface area (Å²) in [7, 11) is 0. The quantitative estimate of drug-likeness (QED) is 0.0512. The van der Waals surface area contributed by atoms with E-state index in [1.54, 1.807) is 0 Å². The van der Waals surface area contributed by atoms with Crippen molar-refractivity contribution in [1.82, 2.24) is 15.0 Å². The molecule has 0 aliphatic rings. The van der Waals surface area contributed by atoms with Gasteiger partial charge in [0, 0.05) is 0 Å². The van der Waals surface area contributed by atoms with E-state index in [9.17, 15) is 15.3 Å². The van der Waals surface area contributed by atoms with E-state index in [4.69, 9.17) is 29.2 Å². The second-order valence-corrected chi connectivity index (χ2v) is 14.2. The molecule has 3 aromatic carbocycles. The molecule has 9 heteroatoms. The van der Waals surface area contributed by atoms with E-state index in [2.05, 4.69) is 20.8 Å². The topological polar surface area (TPSA) is 127 Å². The lowest BCUT2D eigenvalue weighted by Gasteiger charge is -2.18. The van der Waals surface area contributed by atoms with Gasteiger partial charge in [0.2, 0.25) is 0 Å². The van der Waals surface area contributed by atoms with Gasteiger partial charge in [-0.25, -0.2) is 15.0 Å². The van der Waals surface area contributed by atoms with E-state index in [0.29, 0.717) is 70.7 Å². The highest BCUT2D eigenvalue weighted by molar-refractivity contribution is 5.73. The van der Waals surface area contributed by atoms with Crippen LogP contribution < -0.4 is 14.2 Å². The highest BCUT2D eigenvalue weighted by atomic mass is 16.5. The predicted octanol–water partition coefficient (Wildman–Crippen LogP) is 10.0. The smallest absolute Gasteiger partial charge is 0.167 e. The van der Waals surface area contributed by atoms with Crippen LogP contribution in [0.1, 0.15) is 117 Å². The largest absolute Gasteiger partial charge is 0.490 e. The van der Waals surface area contributed by atoms with Crippen LogP contribution in [0.25, 0.3) is 34.2 Å². The van der Waals surface area contributed by atoms with Crippen molar-refractivity contribution in [2.45, 2.75) is 135 Å². The van der Waals surface area contributed by atoms with Crippen LogP contribution in [0.5, 0.6) is 17.2 Å². The minimum absolute atomic E-state index is 0.156. The Hall–Kier alpha value is -4.05. The van der Waals surface area contributed by atoms with Crippen molar-refractivity contribution in [3.63, 3.8) is 0 Å². The summed E-state index contributed by atoms with van der Waals surface area (Å²) in [4.78, 5) is 14.9. The fourth-order valence-corrected chi connectivity index (χ4v) is 6.30. The van der Waals surface area contributed by atoms with E-state index in [1.165, 1.54) is 0 Å². The number of hydrogen-bond donors (Lipinski definition) is 3. The van der Waals surface area contributed by atoms with Crippen LogP contribution >= 0.6 is 0 Å². The molecule has 0 fully saturated rings. The number of para-hydroxylation sites is 3. The Kier molecular flexibility index (Phi) is 19.3. The second-order valence-electron chi connectivity index (χ2n) is 14.2. The Labute approximate surface area is 323 Å². The summed E-state index contributed by atoms with van der Waals surface area (Å²) in [6, 6.07) is 22.7. The molecule has 4 aromatic rings. The van der Waals surface area contributed by atoms with Crippen molar-refractivity contribution < 1.29 is 29.5 Å². The van der Waals surface area contributed by atoms with E-state index in [0.717, 1.165) is 77.0 Å². The molecule has 0 aliphatic heterocycles. The van der Waals surface area contributed by atoms with E-state index >= 15 is 0 Å². The number of benzene rings is 3. The molecule has 4 rings (SSSR count). The third kappa shape index (κ3) is 14.3. The molecular weight excluding hydrogens is 679 g/mol. The molecular formula is C45H63N3O6. The van der Waals surface area contributed by atoms with Gasteiger partial charge in [-0.2, -0.15) is 0 Å². The summed E-state index contributed by atoms with van der Waals surface area (Å²) in [5, 5.41) is 32.1. The van der Waals surface area contributed by atoms with E-state index in [-0.39, 0.29) is 19.8 Å². The molecule has 54 heavy (non-hydrogen) atoms. The maximum Gasteiger partial charge on any atom is 0.167 e. The summed E-state index contributed by atoms with van der Waals surface area (Å²) in [6.07, 6.45) is 13.3.